The van der Waals surface area contributed by atoms with E-state index in [-0.39, 0.29) is 11.1 Å². The van der Waals surface area contributed by atoms with E-state index in [1.807, 2.05) is 6.07 Å². The van der Waals surface area contributed by atoms with Gasteiger partial charge in [0.25, 0.3) is 5.56 Å². The fourth-order valence-corrected chi connectivity index (χ4v) is 1.69. The molecule has 0 unspecified atom stereocenters. The zero-order valence-electron chi connectivity index (χ0n) is 10.9. The van der Waals surface area contributed by atoms with Crippen molar-refractivity contribution in [2.45, 2.75) is 33.1 Å². The molecule has 1 N–H and O–H groups in total. The van der Waals surface area contributed by atoms with Crippen LogP contribution in [0.15, 0.2) is 16.0 Å². The van der Waals surface area contributed by atoms with Gasteiger partial charge >= 0.3 is 0 Å². The summed E-state index contributed by atoms with van der Waals surface area (Å²) >= 11 is 0. The number of pyridine rings is 1. The predicted octanol–water partition coefficient (Wildman–Crippen LogP) is 2.10. The second-order valence-corrected chi connectivity index (χ2v) is 3.99. The maximum atomic E-state index is 11.5. The summed E-state index contributed by atoms with van der Waals surface area (Å²) in [5, 5.41) is 12.9. The van der Waals surface area contributed by atoms with Crippen LogP contribution >= 0.6 is 0 Å². The molecule has 5 nitrogen and oxygen atoms in total. The molecule has 5 heteroatoms. The van der Waals surface area contributed by atoms with Crippen LogP contribution in [0.1, 0.15) is 43.0 Å². The minimum Gasteiger partial charge on any atom is -0.399 e. The number of hydrogen-bond acceptors (Lipinski definition) is 4. The van der Waals surface area contributed by atoms with Crippen LogP contribution in [0.5, 0.6) is 0 Å². The van der Waals surface area contributed by atoms with Gasteiger partial charge in [0.15, 0.2) is 0 Å². The van der Waals surface area contributed by atoms with Gasteiger partial charge in [0.2, 0.25) is 0 Å². The second-order valence-electron chi connectivity index (χ2n) is 3.99. The number of nitriles is 1. The highest BCUT2D eigenvalue weighted by Crippen LogP contribution is 2.12. The van der Waals surface area contributed by atoms with Crippen molar-refractivity contribution in [1.29, 1.82) is 5.26 Å². The minimum atomic E-state index is -0.369. The summed E-state index contributed by atoms with van der Waals surface area (Å²) in [6.45, 7) is 3.87. The number of aromatic amines is 1. The molecule has 0 radical (unpaired) electrons. The molecule has 0 aliphatic carbocycles. The molecule has 0 saturated heterocycles. The number of unbranched alkanes of at least 4 members (excludes halogenated alkanes) is 1. The number of nitrogens with zero attached hydrogens (tertiary/aromatic N) is 2. The maximum absolute atomic E-state index is 11.5. The number of rotatable bonds is 5. The lowest BCUT2D eigenvalue weighted by Crippen LogP contribution is -2.16. The molecular formula is C13H17N3O2. The van der Waals surface area contributed by atoms with Gasteiger partial charge in [-0.3, -0.25) is 4.79 Å². The van der Waals surface area contributed by atoms with Gasteiger partial charge in [-0.1, -0.05) is 18.5 Å². The molecule has 96 valence electrons. The Labute approximate surface area is 106 Å². The van der Waals surface area contributed by atoms with E-state index in [1.165, 1.54) is 7.11 Å². The normalized spacial score (nSPS) is 11.1. The third kappa shape index (κ3) is 3.20. The van der Waals surface area contributed by atoms with E-state index in [0.717, 1.165) is 30.5 Å². The van der Waals surface area contributed by atoms with E-state index >= 15 is 0 Å². The lowest BCUT2D eigenvalue weighted by atomic mass is 10.0. The highest BCUT2D eigenvalue weighted by Gasteiger charge is 2.11. The van der Waals surface area contributed by atoms with Gasteiger partial charge in [-0.05, 0) is 25.8 Å². The Balaban J connectivity index is 3.24. The van der Waals surface area contributed by atoms with E-state index in [0.29, 0.717) is 5.69 Å². The van der Waals surface area contributed by atoms with Gasteiger partial charge in [-0.25, -0.2) is 0 Å². The number of aromatic nitrogens is 1. The highest BCUT2D eigenvalue weighted by molar-refractivity contribution is 6.01. The lowest BCUT2D eigenvalue weighted by Gasteiger charge is -2.08. The number of nitrogens with one attached hydrogen (secondary N) is 1. The Bertz CT molecular complexity index is 538. The standard InChI is InChI=1S/C13H17N3O2/c1-4-5-6-12(16-18-3)11-7-10(8-14)13(17)15-9(11)2/h7H,4-6H2,1-3H3,(H,15,17)/b16-12-. The summed E-state index contributed by atoms with van der Waals surface area (Å²) in [6, 6.07) is 3.45. The summed E-state index contributed by atoms with van der Waals surface area (Å²) in [5.74, 6) is 0. The first-order valence-corrected chi connectivity index (χ1v) is 5.88. The summed E-state index contributed by atoms with van der Waals surface area (Å²) in [7, 11) is 1.48. The van der Waals surface area contributed by atoms with Gasteiger partial charge in [-0.15, -0.1) is 0 Å². The second kappa shape index (κ2) is 6.60. The zero-order valence-corrected chi connectivity index (χ0v) is 10.9. The van der Waals surface area contributed by atoms with Gasteiger partial charge in [-0.2, -0.15) is 5.26 Å². The van der Waals surface area contributed by atoms with Crippen molar-refractivity contribution in [1.82, 2.24) is 4.98 Å². The molecule has 1 rings (SSSR count). The SMILES string of the molecule is CCCC/C(=N/OC)c1cc(C#N)c(=O)[nH]c1C. The van der Waals surface area contributed by atoms with Gasteiger partial charge < -0.3 is 9.82 Å². The van der Waals surface area contributed by atoms with E-state index in [1.54, 1.807) is 13.0 Å². The smallest absolute Gasteiger partial charge is 0.266 e. The molecule has 0 aliphatic rings. The zero-order chi connectivity index (χ0) is 13.5. The van der Waals surface area contributed by atoms with Crippen molar-refractivity contribution >= 4 is 5.71 Å². The largest absolute Gasteiger partial charge is 0.399 e. The molecule has 0 saturated carbocycles. The number of H-pyrrole nitrogens is 1. The van der Waals surface area contributed by atoms with Crippen LogP contribution in [0.2, 0.25) is 0 Å². The highest BCUT2D eigenvalue weighted by atomic mass is 16.6. The van der Waals surface area contributed by atoms with Crippen LogP contribution in [0, 0.1) is 18.3 Å². The van der Waals surface area contributed by atoms with Crippen LogP contribution in [0.3, 0.4) is 0 Å². The number of hydrogen-bond donors (Lipinski definition) is 1. The van der Waals surface area contributed by atoms with Crippen molar-refractivity contribution in [2.75, 3.05) is 7.11 Å². The van der Waals surface area contributed by atoms with E-state index < -0.39 is 0 Å². The van der Waals surface area contributed by atoms with E-state index in [4.69, 9.17) is 10.1 Å². The fourth-order valence-electron chi connectivity index (χ4n) is 1.69. The first kappa shape index (κ1) is 14.0. The van der Waals surface area contributed by atoms with E-state index in [2.05, 4.69) is 17.1 Å². The average molecular weight is 247 g/mol. The van der Waals surface area contributed by atoms with Gasteiger partial charge in [0.05, 0.1) is 5.71 Å². The van der Waals surface area contributed by atoms with Crippen molar-refractivity contribution in [3.8, 4) is 6.07 Å². The van der Waals surface area contributed by atoms with Crippen LogP contribution in [0.25, 0.3) is 0 Å². The molecule has 1 aromatic heterocycles. The monoisotopic (exact) mass is 247 g/mol. The Kier molecular flexibility index (Phi) is 5.12. The average Bonchev–Trinajstić information content (AvgIpc) is 2.35. The van der Waals surface area contributed by atoms with Crippen LogP contribution in [-0.4, -0.2) is 17.8 Å². The minimum absolute atomic E-state index is 0.0934. The Morgan fingerprint density at radius 2 is 2.33 bits per heavy atom. The van der Waals surface area contributed by atoms with Crippen molar-refractivity contribution in [3.05, 3.63) is 33.2 Å². The summed E-state index contributed by atoms with van der Waals surface area (Å²) in [6.07, 6.45) is 2.76. The van der Waals surface area contributed by atoms with Crippen LogP contribution in [-0.2, 0) is 4.84 Å². The molecule has 0 bridgehead atoms. The van der Waals surface area contributed by atoms with Crippen LogP contribution < -0.4 is 5.56 Å². The Morgan fingerprint density at radius 3 is 2.89 bits per heavy atom. The first-order chi connectivity index (χ1) is 8.63. The third-order valence-corrected chi connectivity index (χ3v) is 2.64. The number of oxime groups is 1. The molecule has 0 spiro atoms. The molecule has 0 aliphatic heterocycles. The molecule has 1 aromatic rings. The molecule has 0 fully saturated rings. The van der Waals surface area contributed by atoms with Gasteiger partial charge in [0, 0.05) is 11.3 Å². The Morgan fingerprint density at radius 1 is 1.61 bits per heavy atom. The summed E-state index contributed by atoms with van der Waals surface area (Å²) < 4.78 is 0. The summed E-state index contributed by atoms with van der Waals surface area (Å²) in [4.78, 5) is 19.0. The van der Waals surface area contributed by atoms with E-state index in [9.17, 15) is 4.79 Å². The van der Waals surface area contributed by atoms with Crippen molar-refractivity contribution in [3.63, 3.8) is 0 Å². The summed E-state index contributed by atoms with van der Waals surface area (Å²) in [5.41, 5.74) is 1.94. The maximum Gasteiger partial charge on any atom is 0.266 e. The Hall–Kier alpha value is -2.09. The van der Waals surface area contributed by atoms with Crippen molar-refractivity contribution in [2.24, 2.45) is 5.16 Å². The third-order valence-electron chi connectivity index (χ3n) is 2.64. The predicted molar refractivity (Wildman–Crippen MR) is 69.6 cm³/mol. The van der Waals surface area contributed by atoms with Crippen molar-refractivity contribution < 1.29 is 4.84 Å². The quantitative estimate of drug-likeness (QED) is 0.639. The number of aryl methyl sites for hydroxylation is 1. The first-order valence-electron chi connectivity index (χ1n) is 5.88. The van der Waals surface area contributed by atoms with Gasteiger partial charge in [0.1, 0.15) is 18.7 Å². The molecule has 0 atom stereocenters. The molecule has 1 heterocycles. The van der Waals surface area contributed by atoms with Crippen LogP contribution in [0.4, 0.5) is 0 Å². The molecule has 0 aromatic carbocycles. The fraction of sp³-hybridized carbons (Fsp3) is 0.462. The molecular weight excluding hydrogens is 230 g/mol. The molecule has 0 amide bonds. The topological polar surface area (TPSA) is 78.2 Å². The molecule has 18 heavy (non-hydrogen) atoms. The lowest BCUT2D eigenvalue weighted by molar-refractivity contribution is 0.212.